The number of nitrogens with one attached hydrogen (secondary N) is 1. The number of halogens is 1. The highest BCUT2D eigenvalue weighted by atomic mass is 19.1. The molecule has 1 N–H and O–H groups in total. The van der Waals surface area contributed by atoms with Crippen molar-refractivity contribution in [2.24, 2.45) is 5.41 Å². The van der Waals surface area contributed by atoms with Crippen LogP contribution in [0.1, 0.15) is 32.8 Å². The zero-order valence-electron chi connectivity index (χ0n) is 13.0. The van der Waals surface area contributed by atoms with Gasteiger partial charge in [0.15, 0.2) is 0 Å². The Morgan fingerprint density at radius 1 is 1.35 bits per heavy atom. The first-order valence-electron chi connectivity index (χ1n) is 7.65. The smallest absolute Gasteiger partial charge is 0.123 e. The number of hydrogen-bond acceptors (Lipinski definition) is 2. The van der Waals surface area contributed by atoms with Gasteiger partial charge in [-0.3, -0.25) is 0 Å². The molecule has 2 nitrogen and oxygen atoms in total. The van der Waals surface area contributed by atoms with Crippen molar-refractivity contribution in [3.63, 3.8) is 0 Å². The van der Waals surface area contributed by atoms with E-state index in [0.29, 0.717) is 6.04 Å². The van der Waals surface area contributed by atoms with E-state index >= 15 is 0 Å². The van der Waals surface area contributed by atoms with Gasteiger partial charge in [0.2, 0.25) is 0 Å². The molecular formula is C17H27FN2. The minimum Gasteiger partial charge on any atom is -0.312 e. The summed E-state index contributed by atoms with van der Waals surface area (Å²) in [5.41, 5.74) is 1.37. The summed E-state index contributed by atoms with van der Waals surface area (Å²) < 4.78 is 13.2. The van der Waals surface area contributed by atoms with Crippen LogP contribution >= 0.6 is 0 Å². The summed E-state index contributed by atoms with van der Waals surface area (Å²) in [6.07, 6.45) is 2.12. The van der Waals surface area contributed by atoms with Crippen molar-refractivity contribution in [1.82, 2.24) is 10.2 Å². The van der Waals surface area contributed by atoms with Crippen molar-refractivity contribution < 1.29 is 4.39 Å². The molecule has 0 radical (unpaired) electrons. The van der Waals surface area contributed by atoms with Crippen LogP contribution in [0, 0.1) is 11.2 Å². The summed E-state index contributed by atoms with van der Waals surface area (Å²) in [7, 11) is 0. The van der Waals surface area contributed by atoms with Gasteiger partial charge in [-0.2, -0.15) is 0 Å². The van der Waals surface area contributed by atoms with E-state index < -0.39 is 0 Å². The van der Waals surface area contributed by atoms with Crippen LogP contribution in [0.15, 0.2) is 24.3 Å². The second-order valence-electron chi connectivity index (χ2n) is 6.91. The molecule has 1 heterocycles. The van der Waals surface area contributed by atoms with Gasteiger partial charge in [-0.15, -0.1) is 0 Å². The Balaban J connectivity index is 1.91. The fourth-order valence-electron chi connectivity index (χ4n) is 2.76. The Labute approximate surface area is 122 Å². The third-order valence-corrected chi connectivity index (χ3v) is 4.13. The summed E-state index contributed by atoms with van der Waals surface area (Å²) in [6.45, 7) is 11.2. The van der Waals surface area contributed by atoms with Crippen LogP contribution in [0.5, 0.6) is 0 Å². The van der Waals surface area contributed by atoms with E-state index in [1.807, 2.05) is 6.07 Å². The fourth-order valence-corrected chi connectivity index (χ4v) is 2.76. The van der Waals surface area contributed by atoms with Gasteiger partial charge in [0.25, 0.3) is 0 Å². The molecule has 1 fully saturated rings. The highest BCUT2D eigenvalue weighted by Crippen LogP contribution is 2.21. The molecule has 1 saturated heterocycles. The van der Waals surface area contributed by atoms with Crippen LogP contribution in [-0.2, 0) is 6.42 Å². The Hall–Kier alpha value is -0.930. The van der Waals surface area contributed by atoms with Gasteiger partial charge in [0.05, 0.1) is 0 Å². The van der Waals surface area contributed by atoms with Crippen LogP contribution in [0.2, 0.25) is 0 Å². The maximum Gasteiger partial charge on any atom is 0.123 e. The number of benzene rings is 1. The Bertz CT molecular complexity index is 425. The lowest BCUT2D eigenvalue weighted by Gasteiger charge is -2.33. The molecule has 0 aromatic heterocycles. The average molecular weight is 278 g/mol. The van der Waals surface area contributed by atoms with E-state index in [2.05, 4.69) is 31.0 Å². The normalized spacial score (nSPS) is 21.7. The molecule has 0 saturated carbocycles. The average Bonchev–Trinajstić information content (AvgIpc) is 2.61. The van der Waals surface area contributed by atoms with Crippen LogP contribution < -0.4 is 5.32 Å². The van der Waals surface area contributed by atoms with Gasteiger partial charge in [0.1, 0.15) is 5.82 Å². The minimum absolute atomic E-state index is 0.132. The van der Waals surface area contributed by atoms with Crippen molar-refractivity contribution >= 4 is 0 Å². The molecule has 0 bridgehead atoms. The number of rotatable bonds is 3. The van der Waals surface area contributed by atoms with Crippen LogP contribution in [0.3, 0.4) is 0 Å². The Morgan fingerprint density at radius 3 is 2.85 bits per heavy atom. The maximum atomic E-state index is 13.2. The quantitative estimate of drug-likeness (QED) is 0.914. The second kappa shape index (κ2) is 6.68. The van der Waals surface area contributed by atoms with E-state index in [-0.39, 0.29) is 11.2 Å². The molecule has 20 heavy (non-hydrogen) atoms. The molecule has 112 valence electrons. The monoisotopic (exact) mass is 278 g/mol. The van der Waals surface area contributed by atoms with E-state index in [1.54, 1.807) is 12.1 Å². The first-order chi connectivity index (χ1) is 9.45. The summed E-state index contributed by atoms with van der Waals surface area (Å²) in [6, 6.07) is 7.50. The summed E-state index contributed by atoms with van der Waals surface area (Å²) in [5.74, 6) is -0.132. The van der Waals surface area contributed by atoms with E-state index in [1.165, 1.54) is 12.5 Å². The SMILES string of the molecule is CC(C)(C)C1CN(CCc2cccc(F)c2)CCCN1. The predicted molar refractivity (Wildman–Crippen MR) is 82.4 cm³/mol. The van der Waals surface area contributed by atoms with Gasteiger partial charge in [-0.05, 0) is 49.0 Å². The summed E-state index contributed by atoms with van der Waals surface area (Å²) in [5, 5.41) is 3.66. The molecule has 2 rings (SSSR count). The topological polar surface area (TPSA) is 15.3 Å². The highest BCUT2D eigenvalue weighted by molar-refractivity contribution is 5.16. The van der Waals surface area contributed by atoms with Gasteiger partial charge in [0, 0.05) is 19.1 Å². The number of nitrogens with zero attached hydrogens (tertiary/aromatic N) is 1. The van der Waals surface area contributed by atoms with Crippen molar-refractivity contribution in [2.45, 2.75) is 39.7 Å². The van der Waals surface area contributed by atoms with Crippen LogP contribution in [0.4, 0.5) is 4.39 Å². The molecule has 1 aromatic rings. The Morgan fingerprint density at radius 2 is 2.15 bits per heavy atom. The third-order valence-electron chi connectivity index (χ3n) is 4.13. The van der Waals surface area contributed by atoms with Crippen LogP contribution in [0.25, 0.3) is 0 Å². The van der Waals surface area contributed by atoms with Crippen molar-refractivity contribution in [3.8, 4) is 0 Å². The van der Waals surface area contributed by atoms with Gasteiger partial charge in [-0.25, -0.2) is 4.39 Å². The third kappa shape index (κ3) is 4.57. The largest absolute Gasteiger partial charge is 0.312 e. The molecule has 1 aromatic carbocycles. The highest BCUT2D eigenvalue weighted by Gasteiger charge is 2.27. The summed E-state index contributed by atoms with van der Waals surface area (Å²) >= 11 is 0. The van der Waals surface area contributed by atoms with Crippen molar-refractivity contribution in [3.05, 3.63) is 35.6 Å². The molecule has 0 aliphatic carbocycles. The number of hydrogen-bond donors (Lipinski definition) is 1. The Kier molecular flexibility index (Phi) is 5.17. The summed E-state index contributed by atoms with van der Waals surface area (Å²) in [4.78, 5) is 2.51. The van der Waals surface area contributed by atoms with Crippen molar-refractivity contribution in [2.75, 3.05) is 26.2 Å². The van der Waals surface area contributed by atoms with E-state index in [0.717, 1.165) is 38.2 Å². The molecule has 0 spiro atoms. The molecule has 0 amide bonds. The first-order valence-corrected chi connectivity index (χ1v) is 7.65. The van der Waals surface area contributed by atoms with Crippen molar-refractivity contribution in [1.29, 1.82) is 0 Å². The lowest BCUT2D eigenvalue weighted by molar-refractivity contribution is 0.198. The standard InChI is InChI=1S/C17H27FN2/c1-17(2,3)16-13-20(10-5-9-19-16)11-8-14-6-4-7-15(18)12-14/h4,6-7,12,16,19H,5,8-11,13H2,1-3H3. The lowest BCUT2D eigenvalue weighted by Crippen LogP contribution is -2.46. The van der Waals surface area contributed by atoms with E-state index in [9.17, 15) is 4.39 Å². The fraction of sp³-hybridized carbons (Fsp3) is 0.647. The van der Waals surface area contributed by atoms with Gasteiger partial charge < -0.3 is 10.2 Å². The molecular weight excluding hydrogens is 251 g/mol. The van der Waals surface area contributed by atoms with Crippen LogP contribution in [-0.4, -0.2) is 37.1 Å². The predicted octanol–water partition coefficient (Wildman–Crippen LogP) is 3.08. The zero-order valence-corrected chi connectivity index (χ0v) is 13.0. The first kappa shape index (κ1) is 15.5. The lowest BCUT2D eigenvalue weighted by atomic mass is 9.86. The minimum atomic E-state index is -0.132. The molecule has 1 atom stereocenters. The molecule has 1 aliphatic heterocycles. The van der Waals surface area contributed by atoms with E-state index in [4.69, 9.17) is 0 Å². The molecule has 1 unspecified atom stereocenters. The van der Waals surface area contributed by atoms with Gasteiger partial charge in [-0.1, -0.05) is 32.9 Å². The molecule has 3 heteroatoms. The van der Waals surface area contributed by atoms with Gasteiger partial charge >= 0.3 is 0 Å². The zero-order chi connectivity index (χ0) is 14.6. The molecule has 1 aliphatic rings. The second-order valence-corrected chi connectivity index (χ2v) is 6.91. The maximum absolute atomic E-state index is 13.2.